The summed E-state index contributed by atoms with van der Waals surface area (Å²) in [7, 11) is 0. The van der Waals surface area contributed by atoms with Crippen molar-refractivity contribution in [2.45, 2.75) is 70.5 Å². The zero-order valence-electron chi connectivity index (χ0n) is 21.5. The molecule has 0 amide bonds. The summed E-state index contributed by atoms with van der Waals surface area (Å²) >= 11 is 0. The summed E-state index contributed by atoms with van der Waals surface area (Å²) in [6.07, 6.45) is 5.19. The lowest BCUT2D eigenvalue weighted by Gasteiger charge is -2.36. The van der Waals surface area contributed by atoms with Crippen LogP contribution < -0.4 is 11.5 Å². The van der Waals surface area contributed by atoms with Crippen LogP contribution in [0.2, 0.25) is 0 Å². The van der Waals surface area contributed by atoms with Crippen LogP contribution in [-0.4, -0.2) is 28.4 Å². The fourth-order valence-corrected chi connectivity index (χ4v) is 5.47. The number of hydrogen-bond donors (Lipinski definition) is 1. The van der Waals surface area contributed by atoms with Gasteiger partial charge in [0.1, 0.15) is 0 Å². The SMILES string of the molecule is CC(N=C=O)c1ccc2c(c1)CCc1cc(C(C)N=C=O)ccc1C2(CCN)c1nc(=O)on1C(C)C. The highest BCUT2D eigenvalue weighted by Crippen LogP contribution is 2.47. The monoisotopic (exact) mass is 501 g/mol. The Morgan fingerprint density at radius 2 is 1.49 bits per heavy atom. The molecule has 3 aromatic rings. The van der Waals surface area contributed by atoms with Crippen LogP contribution in [0.15, 0.2) is 55.7 Å². The molecule has 1 heterocycles. The molecule has 1 aromatic heterocycles. The number of rotatable bonds is 8. The van der Waals surface area contributed by atoms with Crippen LogP contribution in [0.5, 0.6) is 0 Å². The van der Waals surface area contributed by atoms with Gasteiger partial charge in [-0.25, -0.2) is 14.4 Å². The van der Waals surface area contributed by atoms with E-state index in [9.17, 15) is 14.4 Å². The molecule has 9 nitrogen and oxygen atoms in total. The molecule has 1 aliphatic carbocycles. The fourth-order valence-electron chi connectivity index (χ4n) is 5.47. The number of hydrogen-bond acceptors (Lipinski definition) is 8. The van der Waals surface area contributed by atoms with Crippen LogP contribution in [-0.2, 0) is 27.8 Å². The van der Waals surface area contributed by atoms with Gasteiger partial charge in [0.25, 0.3) is 0 Å². The van der Waals surface area contributed by atoms with Crippen LogP contribution in [0, 0.1) is 0 Å². The van der Waals surface area contributed by atoms with Gasteiger partial charge in [-0.1, -0.05) is 36.4 Å². The normalized spacial score (nSPS) is 18.1. The van der Waals surface area contributed by atoms with Crippen molar-refractivity contribution in [1.82, 2.24) is 9.72 Å². The highest BCUT2D eigenvalue weighted by molar-refractivity contribution is 5.56. The summed E-state index contributed by atoms with van der Waals surface area (Å²) in [6.45, 7) is 7.90. The molecular weight excluding hydrogens is 470 g/mol. The first kappa shape index (κ1) is 26.2. The maximum atomic E-state index is 12.5. The third-order valence-electron chi connectivity index (χ3n) is 7.25. The molecule has 37 heavy (non-hydrogen) atoms. The summed E-state index contributed by atoms with van der Waals surface area (Å²) in [5.74, 6) is -0.163. The topological polar surface area (TPSA) is 133 Å². The minimum absolute atomic E-state index is 0.155. The number of nitrogens with zero attached hydrogens (tertiary/aromatic N) is 4. The summed E-state index contributed by atoms with van der Waals surface area (Å²) < 4.78 is 7.13. The predicted octanol–water partition coefficient (Wildman–Crippen LogP) is 3.99. The van der Waals surface area contributed by atoms with Crippen molar-refractivity contribution < 1.29 is 14.1 Å². The standard InChI is InChI=1S/C28H31N5O4/c1-17(2)33-26(32-27(36)37-33)28(11-12-29)24-9-7-20(18(3)30-15-34)13-22(24)5-6-23-14-21(8-10-25(23)28)19(4)31-16-35/h7-10,13-14,17-19H,5-6,11-12,29H2,1-4H3. The Morgan fingerprint density at radius 1 is 0.973 bits per heavy atom. The third kappa shape index (κ3) is 4.65. The molecule has 2 N–H and O–H groups in total. The third-order valence-corrected chi connectivity index (χ3v) is 7.25. The van der Waals surface area contributed by atoms with Gasteiger partial charge in [-0.05, 0) is 86.9 Å². The van der Waals surface area contributed by atoms with Gasteiger partial charge in [-0.2, -0.15) is 19.7 Å². The van der Waals surface area contributed by atoms with Gasteiger partial charge in [0.15, 0.2) is 5.82 Å². The summed E-state index contributed by atoms with van der Waals surface area (Å²) in [5.41, 5.74) is 11.3. The van der Waals surface area contributed by atoms with Gasteiger partial charge in [-0.3, -0.25) is 0 Å². The van der Waals surface area contributed by atoms with E-state index < -0.39 is 11.2 Å². The molecule has 0 saturated heterocycles. The van der Waals surface area contributed by atoms with Crippen LogP contribution in [0.4, 0.5) is 0 Å². The molecule has 0 spiro atoms. The van der Waals surface area contributed by atoms with Crippen molar-refractivity contribution in [1.29, 1.82) is 0 Å². The average Bonchev–Trinajstić information content (AvgIpc) is 3.22. The van der Waals surface area contributed by atoms with Crippen LogP contribution in [0.1, 0.15) is 91.4 Å². The highest BCUT2D eigenvalue weighted by atomic mass is 16.5. The molecular formula is C28H31N5O4. The quantitative estimate of drug-likeness (QED) is 0.366. The van der Waals surface area contributed by atoms with E-state index in [1.165, 1.54) is 0 Å². The lowest BCUT2D eigenvalue weighted by Crippen LogP contribution is -2.37. The second kappa shape index (κ2) is 10.6. The molecule has 9 heteroatoms. The summed E-state index contributed by atoms with van der Waals surface area (Å²) in [5, 5.41) is 0. The van der Waals surface area contributed by atoms with Crippen LogP contribution >= 0.6 is 0 Å². The minimum Gasteiger partial charge on any atom is -0.330 e. The largest absolute Gasteiger partial charge is 0.459 e. The molecule has 0 aliphatic heterocycles. The molecule has 0 fully saturated rings. The Bertz CT molecular complexity index is 1380. The highest BCUT2D eigenvalue weighted by Gasteiger charge is 2.45. The van der Waals surface area contributed by atoms with E-state index in [1.54, 1.807) is 16.9 Å². The summed E-state index contributed by atoms with van der Waals surface area (Å²) in [6, 6.07) is 11.3. The first-order valence-electron chi connectivity index (χ1n) is 12.5. The van der Waals surface area contributed by atoms with Crippen molar-refractivity contribution in [3.8, 4) is 0 Å². The fraction of sp³-hybridized carbons (Fsp3) is 0.429. The Morgan fingerprint density at radius 3 is 1.92 bits per heavy atom. The maximum Gasteiger partial charge on any atom is 0.459 e. The van der Waals surface area contributed by atoms with E-state index in [1.807, 2.05) is 52.0 Å². The number of carbonyl (C=O) groups excluding carboxylic acids is 2. The molecule has 2 atom stereocenters. The van der Waals surface area contributed by atoms with Gasteiger partial charge in [-0.15, -0.1) is 0 Å². The maximum absolute atomic E-state index is 12.5. The summed E-state index contributed by atoms with van der Waals surface area (Å²) in [4.78, 5) is 46.5. The Kier molecular flexibility index (Phi) is 7.50. The van der Waals surface area contributed by atoms with Gasteiger partial charge >= 0.3 is 5.76 Å². The molecule has 0 radical (unpaired) electrons. The lowest BCUT2D eigenvalue weighted by atomic mass is 9.68. The van der Waals surface area contributed by atoms with E-state index >= 15 is 0 Å². The number of aliphatic imine (C=N–C) groups is 2. The second-order valence-corrected chi connectivity index (χ2v) is 9.78. The number of aryl methyl sites for hydroxylation is 2. The van der Waals surface area contributed by atoms with Crippen LogP contribution in [0.25, 0.3) is 0 Å². The smallest absolute Gasteiger partial charge is 0.330 e. The molecule has 1 aliphatic rings. The van der Waals surface area contributed by atoms with Gasteiger partial charge in [0.2, 0.25) is 12.2 Å². The predicted molar refractivity (Wildman–Crippen MR) is 138 cm³/mol. The van der Waals surface area contributed by atoms with E-state index in [-0.39, 0.29) is 18.1 Å². The number of fused-ring (bicyclic) bond motifs is 2. The van der Waals surface area contributed by atoms with E-state index in [0.29, 0.717) is 31.6 Å². The average molecular weight is 502 g/mol. The Hall–Kier alpha value is -3.90. The van der Waals surface area contributed by atoms with E-state index in [4.69, 9.17) is 10.3 Å². The Balaban J connectivity index is 2.08. The first-order valence-corrected chi connectivity index (χ1v) is 12.5. The number of benzene rings is 2. The number of isocyanates is 2. The van der Waals surface area contributed by atoms with Crippen molar-refractivity contribution in [3.63, 3.8) is 0 Å². The second-order valence-electron chi connectivity index (χ2n) is 9.78. The molecule has 2 unspecified atom stereocenters. The molecule has 2 aromatic carbocycles. The molecule has 0 bridgehead atoms. The zero-order chi connectivity index (χ0) is 26.7. The lowest BCUT2D eigenvalue weighted by molar-refractivity contribution is 0.207. The number of nitrogens with two attached hydrogens (primary N) is 1. The Labute approximate surface area is 215 Å². The van der Waals surface area contributed by atoms with Gasteiger partial charge in [0, 0.05) is 0 Å². The van der Waals surface area contributed by atoms with Crippen molar-refractivity contribution in [2.75, 3.05) is 6.54 Å². The first-order chi connectivity index (χ1) is 17.8. The van der Waals surface area contributed by atoms with Gasteiger partial charge < -0.3 is 10.3 Å². The van der Waals surface area contributed by atoms with E-state index in [0.717, 1.165) is 33.4 Å². The molecule has 4 rings (SSSR count). The van der Waals surface area contributed by atoms with Crippen LogP contribution in [0.3, 0.4) is 0 Å². The van der Waals surface area contributed by atoms with Crippen molar-refractivity contribution in [3.05, 3.63) is 86.2 Å². The number of aromatic nitrogens is 2. The van der Waals surface area contributed by atoms with E-state index in [2.05, 4.69) is 27.1 Å². The minimum atomic E-state index is -0.863. The van der Waals surface area contributed by atoms with Crippen molar-refractivity contribution in [2.24, 2.45) is 15.7 Å². The zero-order valence-corrected chi connectivity index (χ0v) is 21.5. The molecule has 0 saturated carbocycles. The molecule has 192 valence electrons. The van der Waals surface area contributed by atoms with Gasteiger partial charge in [0.05, 0.1) is 23.5 Å². The van der Waals surface area contributed by atoms with Crippen molar-refractivity contribution >= 4 is 12.2 Å².